The second-order valence-electron chi connectivity index (χ2n) is 4.77. The van der Waals surface area contributed by atoms with Crippen LogP contribution < -0.4 is 0 Å². The first-order valence-corrected chi connectivity index (χ1v) is 4.67. The average Bonchev–Trinajstić information content (AvgIpc) is 2.02. The fourth-order valence-electron chi connectivity index (χ4n) is 2.88. The molecule has 1 fully saturated rings. The molecule has 0 aromatic heterocycles. The number of carbonyl (C=O) groups is 1. The van der Waals surface area contributed by atoms with Gasteiger partial charge in [-0.2, -0.15) is 0 Å². The van der Waals surface area contributed by atoms with E-state index in [9.17, 15) is 9.90 Å². The highest BCUT2D eigenvalue weighted by molar-refractivity contribution is 5.79. The molecule has 1 N–H and O–H groups in total. The number of aliphatic carboxylic acids is 1. The van der Waals surface area contributed by atoms with E-state index < -0.39 is 11.4 Å². The SMILES string of the molecule is CC1C#CC2CC1(C(=O)O)C2(C)C. The number of rotatable bonds is 1. The molecule has 2 heteroatoms. The Bertz CT molecular complexity index is 332. The van der Waals surface area contributed by atoms with Gasteiger partial charge in [0.25, 0.3) is 0 Å². The third-order valence-corrected chi connectivity index (χ3v) is 4.14. The van der Waals surface area contributed by atoms with Crippen LogP contribution in [0.2, 0.25) is 0 Å². The van der Waals surface area contributed by atoms with Gasteiger partial charge in [-0.05, 0) is 11.8 Å². The molecule has 0 aromatic carbocycles. The minimum atomic E-state index is -0.671. The van der Waals surface area contributed by atoms with Crippen LogP contribution in [0.4, 0.5) is 0 Å². The van der Waals surface area contributed by atoms with Crippen molar-refractivity contribution in [3.63, 3.8) is 0 Å². The van der Waals surface area contributed by atoms with E-state index in [4.69, 9.17) is 0 Å². The van der Waals surface area contributed by atoms with Crippen molar-refractivity contribution in [3.8, 4) is 11.8 Å². The molecule has 0 aliphatic heterocycles. The Balaban J connectivity index is 2.51. The number of carboxylic acid groups (broad SMARTS) is 1. The van der Waals surface area contributed by atoms with Gasteiger partial charge in [-0.1, -0.05) is 32.6 Å². The maximum Gasteiger partial charge on any atom is 0.311 e. The number of fused-ring (bicyclic) bond motifs is 1. The Labute approximate surface area is 78.3 Å². The molecule has 0 saturated heterocycles. The summed E-state index contributed by atoms with van der Waals surface area (Å²) in [6.45, 7) is 5.98. The number of carboxylic acids is 1. The van der Waals surface area contributed by atoms with E-state index in [2.05, 4.69) is 11.8 Å². The predicted molar refractivity (Wildman–Crippen MR) is 48.9 cm³/mol. The fourth-order valence-corrected chi connectivity index (χ4v) is 2.88. The largest absolute Gasteiger partial charge is 0.481 e. The van der Waals surface area contributed by atoms with Crippen molar-refractivity contribution in [2.75, 3.05) is 0 Å². The molecule has 0 spiro atoms. The van der Waals surface area contributed by atoms with Crippen LogP contribution >= 0.6 is 0 Å². The van der Waals surface area contributed by atoms with E-state index in [-0.39, 0.29) is 11.3 Å². The highest BCUT2D eigenvalue weighted by Crippen LogP contribution is 2.65. The summed E-state index contributed by atoms with van der Waals surface area (Å²) in [6.07, 6.45) is 0.740. The lowest BCUT2D eigenvalue weighted by Gasteiger charge is -2.61. The van der Waals surface area contributed by atoms with Gasteiger partial charge >= 0.3 is 5.97 Å². The first kappa shape index (κ1) is 8.62. The summed E-state index contributed by atoms with van der Waals surface area (Å²) in [6, 6.07) is 0. The molecule has 1 saturated carbocycles. The number of hydrogen-bond donors (Lipinski definition) is 1. The van der Waals surface area contributed by atoms with Crippen molar-refractivity contribution in [1.82, 2.24) is 0 Å². The summed E-state index contributed by atoms with van der Waals surface area (Å²) in [5.41, 5.74) is -0.730. The lowest BCUT2D eigenvalue weighted by atomic mass is 9.40. The van der Waals surface area contributed by atoms with Gasteiger partial charge in [-0.15, -0.1) is 0 Å². The quantitative estimate of drug-likeness (QED) is 0.621. The summed E-state index contributed by atoms with van der Waals surface area (Å²) < 4.78 is 0. The van der Waals surface area contributed by atoms with Gasteiger partial charge in [0, 0.05) is 11.8 Å². The van der Waals surface area contributed by atoms with Crippen molar-refractivity contribution in [3.05, 3.63) is 0 Å². The maximum atomic E-state index is 11.3. The van der Waals surface area contributed by atoms with Gasteiger partial charge in [-0.3, -0.25) is 4.79 Å². The smallest absolute Gasteiger partial charge is 0.311 e. The zero-order valence-electron chi connectivity index (χ0n) is 8.22. The van der Waals surface area contributed by atoms with Crippen LogP contribution in [-0.2, 0) is 4.79 Å². The van der Waals surface area contributed by atoms with Crippen LogP contribution in [0.15, 0.2) is 0 Å². The van der Waals surface area contributed by atoms with Crippen molar-refractivity contribution >= 4 is 5.97 Å². The predicted octanol–water partition coefficient (Wildman–Crippen LogP) is 1.76. The van der Waals surface area contributed by atoms with E-state index in [0.717, 1.165) is 6.42 Å². The highest BCUT2D eigenvalue weighted by Gasteiger charge is 2.68. The van der Waals surface area contributed by atoms with Crippen LogP contribution in [0.25, 0.3) is 0 Å². The van der Waals surface area contributed by atoms with Crippen LogP contribution in [0.1, 0.15) is 27.2 Å². The molecule has 3 aliphatic carbocycles. The average molecular weight is 178 g/mol. The van der Waals surface area contributed by atoms with Gasteiger partial charge in [0.1, 0.15) is 0 Å². The molecular weight excluding hydrogens is 164 g/mol. The fraction of sp³-hybridized carbons (Fsp3) is 0.727. The number of hydrogen-bond acceptors (Lipinski definition) is 1. The van der Waals surface area contributed by atoms with Gasteiger partial charge in [0.2, 0.25) is 0 Å². The van der Waals surface area contributed by atoms with E-state index in [0.29, 0.717) is 5.92 Å². The zero-order chi connectivity index (χ0) is 9.85. The van der Waals surface area contributed by atoms with Crippen molar-refractivity contribution < 1.29 is 9.90 Å². The van der Waals surface area contributed by atoms with E-state index in [1.807, 2.05) is 20.8 Å². The van der Waals surface area contributed by atoms with E-state index in [1.54, 1.807) is 0 Å². The summed E-state index contributed by atoms with van der Waals surface area (Å²) in [7, 11) is 0. The second-order valence-corrected chi connectivity index (χ2v) is 4.77. The van der Waals surface area contributed by atoms with Crippen LogP contribution in [0.3, 0.4) is 0 Å². The molecule has 13 heavy (non-hydrogen) atoms. The van der Waals surface area contributed by atoms with Crippen molar-refractivity contribution in [2.24, 2.45) is 22.7 Å². The van der Waals surface area contributed by atoms with Crippen LogP contribution in [-0.4, -0.2) is 11.1 Å². The molecule has 3 atom stereocenters. The summed E-state index contributed by atoms with van der Waals surface area (Å²) in [5, 5.41) is 9.27. The van der Waals surface area contributed by atoms with Crippen molar-refractivity contribution in [2.45, 2.75) is 27.2 Å². The summed E-state index contributed by atoms with van der Waals surface area (Å²) >= 11 is 0. The Hall–Kier alpha value is -0.970. The maximum absolute atomic E-state index is 11.3. The molecule has 0 heterocycles. The lowest BCUT2D eigenvalue weighted by molar-refractivity contribution is -0.188. The molecule has 3 rings (SSSR count). The van der Waals surface area contributed by atoms with Gasteiger partial charge in [0.05, 0.1) is 5.41 Å². The molecule has 3 unspecified atom stereocenters. The summed E-state index contributed by atoms with van der Waals surface area (Å²) in [5.74, 6) is 5.79. The summed E-state index contributed by atoms with van der Waals surface area (Å²) in [4.78, 5) is 11.3. The third-order valence-electron chi connectivity index (χ3n) is 4.14. The topological polar surface area (TPSA) is 37.3 Å². The minimum absolute atomic E-state index is 0.00926. The van der Waals surface area contributed by atoms with E-state index in [1.165, 1.54) is 0 Å². The van der Waals surface area contributed by atoms with Crippen LogP contribution in [0.5, 0.6) is 0 Å². The first-order valence-electron chi connectivity index (χ1n) is 4.67. The monoisotopic (exact) mass is 178 g/mol. The highest BCUT2D eigenvalue weighted by atomic mass is 16.4. The second kappa shape index (κ2) is 2.09. The zero-order valence-corrected chi connectivity index (χ0v) is 8.22. The third kappa shape index (κ3) is 0.693. The minimum Gasteiger partial charge on any atom is -0.481 e. The lowest BCUT2D eigenvalue weighted by Crippen LogP contribution is -2.63. The van der Waals surface area contributed by atoms with Gasteiger partial charge < -0.3 is 5.11 Å². The Morgan fingerprint density at radius 2 is 2.08 bits per heavy atom. The van der Waals surface area contributed by atoms with Gasteiger partial charge in [0.15, 0.2) is 0 Å². The first-order chi connectivity index (χ1) is 5.93. The molecule has 0 aromatic rings. The normalized spacial score (nSPS) is 44.2. The molecule has 70 valence electrons. The van der Waals surface area contributed by atoms with E-state index >= 15 is 0 Å². The Morgan fingerprint density at radius 3 is 2.38 bits per heavy atom. The molecule has 0 amide bonds. The molecule has 3 aliphatic rings. The molecule has 2 bridgehead atoms. The molecule has 2 nitrogen and oxygen atoms in total. The van der Waals surface area contributed by atoms with Crippen LogP contribution in [0, 0.1) is 34.5 Å². The Morgan fingerprint density at radius 1 is 1.46 bits per heavy atom. The Kier molecular flexibility index (Phi) is 1.39. The van der Waals surface area contributed by atoms with Crippen molar-refractivity contribution in [1.29, 1.82) is 0 Å². The molecule has 0 radical (unpaired) electrons. The standard InChI is InChI=1S/C11H14O2/c1-7-4-5-8-6-11(7,9(12)13)10(8,2)3/h7-8H,6H2,1-3H3,(H,12,13). The molecular formula is C11H14O2. The van der Waals surface area contributed by atoms with Gasteiger partial charge in [-0.25, -0.2) is 0 Å².